The Balaban J connectivity index is 1.74. The second-order valence-corrected chi connectivity index (χ2v) is 3.15. The van der Waals surface area contributed by atoms with Crippen LogP contribution in [0.2, 0.25) is 0 Å². The fourth-order valence-corrected chi connectivity index (χ4v) is 1.20. The van der Waals surface area contributed by atoms with Crippen LogP contribution < -0.4 is 16.2 Å². The third-order valence-corrected chi connectivity index (χ3v) is 1.96. The Morgan fingerprint density at radius 2 is 2.59 bits per heavy atom. The minimum atomic E-state index is -0.465. The van der Waals surface area contributed by atoms with E-state index in [0.29, 0.717) is 6.61 Å². The number of nitrogens with zero attached hydrogens (tertiary/aromatic N) is 3. The van der Waals surface area contributed by atoms with E-state index in [1.165, 1.54) is 24.9 Å². The molecule has 8 nitrogen and oxygen atoms in total. The third kappa shape index (κ3) is 3.55. The molecule has 0 aliphatic carbocycles. The molecule has 1 aliphatic rings. The first kappa shape index (κ1) is 11.6. The highest BCUT2D eigenvalue weighted by molar-refractivity contribution is 5.96. The number of carbonyl (C=O) groups is 1. The first-order chi connectivity index (χ1) is 8.36. The topological polar surface area (TPSA) is 101 Å². The molecule has 1 saturated heterocycles. The number of aliphatic imine (C=N–C) groups is 1. The van der Waals surface area contributed by atoms with Gasteiger partial charge in [0.05, 0.1) is 12.8 Å². The molecule has 0 radical (unpaired) electrons. The number of hydrogen-bond donors (Lipinski definition) is 3. The summed E-state index contributed by atoms with van der Waals surface area (Å²) in [4.78, 5) is 22.7. The second-order valence-electron chi connectivity index (χ2n) is 3.15. The SMILES string of the molecule is O=C(N=CNNC1NCCO1)c1cnccn1. The van der Waals surface area contributed by atoms with Crippen molar-refractivity contribution < 1.29 is 9.53 Å². The first-order valence-electron chi connectivity index (χ1n) is 5.05. The summed E-state index contributed by atoms with van der Waals surface area (Å²) in [7, 11) is 0. The van der Waals surface area contributed by atoms with Crippen molar-refractivity contribution in [2.75, 3.05) is 13.2 Å². The monoisotopic (exact) mass is 236 g/mol. The molecule has 0 bridgehead atoms. The van der Waals surface area contributed by atoms with Gasteiger partial charge in [0.2, 0.25) is 0 Å². The van der Waals surface area contributed by atoms with Gasteiger partial charge in [0.15, 0.2) is 6.35 Å². The Morgan fingerprint density at radius 3 is 3.29 bits per heavy atom. The number of ether oxygens (including phenoxy) is 1. The molecule has 1 atom stereocenters. The summed E-state index contributed by atoms with van der Waals surface area (Å²) < 4.78 is 5.19. The van der Waals surface area contributed by atoms with Gasteiger partial charge in [-0.25, -0.2) is 4.98 Å². The quantitative estimate of drug-likeness (QED) is 0.337. The van der Waals surface area contributed by atoms with Gasteiger partial charge >= 0.3 is 0 Å². The molecular weight excluding hydrogens is 224 g/mol. The van der Waals surface area contributed by atoms with Crippen molar-refractivity contribution >= 4 is 12.2 Å². The zero-order valence-electron chi connectivity index (χ0n) is 8.96. The van der Waals surface area contributed by atoms with Crippen LogP contribution in [-0.4, -0.2) is 41.7 Å². The lowest BCUT2D eigenvalue weighted by molar-refractivity contribution is 0.0678. The molecule has 2 rings (SSSR count). The van der Waals surface area contributed by atoms with E-state index in [0.717, 1.165) is 6.54 Å². The van der Waals surface area contributed by atoms with Crippen LogP contribution in [0.5, 0.6) is 0 Å². The maximum absolute atomic E-state index is 11.4. The van der Waals surface area contributed by atoms with Crippen LogP contribution in [0.4, 0.5) is 0 Å². The fraction of sp³-hybridized carbons (Fsp3) is 0.333. The molecule has 0 spiro atoms. The Morgan fingerprint density at radius 1 is 1.65 bits per heavy atom. The highest BCUT2D eigenvalue weighted by Crippen LogP contribution is 1.92. The van der Waals surface area contributed by atoms with Crippen molar-refractivity contribution in [2.24, 2.45) is 4.99 Å². The van der Waals surface area contributed by atoms with Gasteiger partial charge in [0, 0.05) is 18.9 Å². The summed E-state index contributed by atoms with van der Waals surface area (Å²) in [6.07, 6.45) is 5.25. The van der Waals surface area contributed by atoms with Crippen molar-refractivity contribution in [3.8, 4) is 0 Å². The molecule has 1 amide bonds. The lowest BCUT2D eigenvalue weighted by atomic mass is 10.4. The normalized spacial score (nSPS) is 19.6. The Labute approximate surface area is 97.5 Å². The van der Waals surface area contributed by atoms with E-state index < -0.39 is 5.91 Å². The van der Waals surface area contributed by atoms with Gasteiger partial charge in [0.25, 0.3) is 5.91 Å². The molecule has 0 aromatic carbocycles. The number of aromatic nitrogens is 2. The smallest absolute Gasteiger partial charge is 0.298 e. The minimum Gasteiger partial charge on any atom is -0.347 e. The number of carbonyl (C=O) groups excluding carboxylic acids is 1. The van der Waals surface area contributed by atoms with E-state index in [9.17, 15) is 4.79 Å². The summed E-state index contributed by atoms with van der Waals surface area (Å²) in [5, 5.41) is 3.01. The molecule has 17 heavy (non-hydrogen) atoms. The second kappa shape index (κ2) is 5.99. The predicted molar refractivity (Wildman–Crippen MR) is 58.9 cm³/mol. The number of amides is 1. The van der Waals surface area contributed by atoms with Crippen LogP contribution in [0.25, 0.3) is 0 Å². The molecule has 90 valence electrons. The molecule has 1 fully saturated rings. The number of rotatable bonds is 4. The van der Waals surface area contributed by atoms with Gasteiger partial charge < -0.3 is 10.2 Å². The Kier molecular flexibility index (Phi) is 4.08. The molecule has 0 saturated carbocycles. The van der Waals surface area contributed by atoms with E-state index >= 15 is 0 Å². The molecule has 2 heterocycles. The predicted octanol–water partition coefficient (Wildman–Crippen LogP) is -1.36. The van der Waals surface area contributed by atoms with Crippen LogP contribution in [0, 0.1) is 0 Å². The maximum Gasteiger partial charge on any atom is 0.298 e. The Bertz CT molecular complexity index is 390. The number of hydrogen-bond acceptors (Lipinski definition) is 6. The van der Waals surface area contributed by atoms with E-state index in [-0.39, 0.29) is 12.0 Å². The molecule has 1 aromatic rings. The van der Waals surface area contributed by atoms with E-state index in [1.54, 1.807) is 0 Å². The van der Waals surface area contributed by atoms with E-state index in [1.807, 2.05) is 0 Å². The largest absolute Gasteiger partial charge is 0.347 e. The third-order valence-electron chi connectivity index (χ3n) is 1.96. The standard InChI is InChI=1S/C9H12N6O2/c16-8(7-5-10-1-2-11-7)13-6-14-15-9-12-3-4-17-9/h1-2,5-6,9,12,15H,3-4H2,(H,13,14,16). The average molecular weight is 236 g/mol. The first-order valence-corrected chi connectivity index (χ1v) is 5.05. The molecule has 1 aliphatic heterocycles. The average Bonchev–Trinajstić information content (AvgIpc) is 2.88. The van der Waals surface area contributed by atoms with Crippen molar-refractivity contribution in [2.45, 2.75) is 6.35 Å². The highest BCUT2D eigenvalue weighted by Gasteiger charge is 2.11. The van der Waals surface area contributed by atoms with Crippen molar-refractivity contribution in [3.63, 3.8) is 0 Å². The number of nitrogens with one attached hydrogen (secondary N) is 3. The van der Waals surface area contributed by atoms with E-state index in [2.05, 4.69) is 31.1 Å². The molecular formula is C9H12N6O2. The van der Waals surface area contributed by atoms with Crippen molar-refractivity contribution in [1.82, 2.24) is 26.1 Å². The van der Waals surface area contributed by atoms with Crippen LogP contribution in [0.1, 0.15) is 10.5 Å². The molecule has 3 N–H and O–H groups in total. The van der Waals surface area contributed by atoms with Gasteiger partial charge in [-0.05, 0) is 0 Å². The zero-order valence-corrected chi connectivity index (χ0v) is 8.96. The summed E-state index contributed by atoms with van der Waals surface area (Å²) in [5.41, 5.74) is 5.59. The van der Waals surface area contributed by atoms with Crippen LogP contribution in [0.3, 0.4) is 0 Å². The van der Waals surface area contributed by atoms with Gasteiger partial charge in [-0.1, -0.05) is 0 Å². The highest BCUT2D eigenvalue weighted by atomic mass is 16.5. The van der Waals surface area contributed by atoms with Gasteiger partial charge in [-0.2, -0.15) is 10.4 Å². The molecule has 8 heteroatoms. The molecule has 1 aromatic heterocycles. The summed E-state index contributed by atoms with van der Waals surface area (Å²) in [6.45, 7) is 1.43. The summed E-state index contributed by atoms with van der Waals surface area (Å²) in [6, 6.07) is 0. The van der Waals surface area contributed by atoms with Crippen LogP contribution in [0.15, 0.2) is 23.6 Å². The molecule has 1 unspecified atom stereocenters. The lowest BCUT2D eigenvalue weighted by Gasteiger charge is -2.10. The van der Waals surface area contributed by atoms with Gasteiger partial charge in [-0.3, -0.25) is 15.1 Å². The van der Waals surface area contributed by atoms with Crippen LogP contribution in [-0.2, 0) is 4.74 Å². The Hall–Kier alpha value is -1.90. The summed E-state index contributed by atoms with van der Waals surface area (Å²) in [5.74, 6) is -0.465. The maximum atomic E-state index is 11.4. The fourth-order valence-electron chi connectivity index (χ4n) is 1.20. The van der Waals surface area contributed by atoms with Crippen molar-refractivity contribution in [1.29, 1.82) is 0 Å². The zero-order chi connectivity index (χ0) is 11.9. The van der Waals surface area contributed by atoms with Gasteiger partial charge in [0.1, 0.15) is 12.0 Å². The van der Waals surface area contributed by atoms with E-state index in [4.69, 9.17) is 4.74 Å². The van der Waals surface area contributed by atoms with Crippen molar-refractivity contribution in [3.05, 3.63) is 24.3 Å². The van der Waals surface area contributed by atoms with Crippen LogP contribution >= 0.6 is 0 Å². The lowest BCUT2D eigenvalue weighted by Crippen LogP contribution is -2.46. The summed E-state index contributed by atoms with van der Waals surface area (Å²) >= 11 is 0. The van der Waals surface area contributed by atoms with Gasteiger partial charge in [-0.15, -0.1) is 0 Å². The minimum absolute atomic E-state index is 0.195. The number of hydrazine groups is 1.